The van der Waals surface area contributed by atoms with Gasteiger partial charge in [-0.2, -0.15) is 0 Å². The second kappa shape index (κ2) is 3.33. The van der Waals surface area contributed by atoms with Crippen molar-refractivity contribution < 1.29 is 4.39 Å². The summed E-state index contributed by atoms with van der Waals surface area (Å²) in [7, 11) is 0. The molecule has 1 rings (SSSR count). The molecule has 0 aliphatic heterocycles. The Morgan fingerprint density at radius 3 is 2.91 bits per heavy atom. The fourth-order valence-corrected chi connectivity index (χ4v) is 1.02. The molecule has 0 amide bonds. The average Bonchev–Trinajstić information content (AvgIpc) is 1.98. The first-order chi connectivity index (χ1) is 5.24. The standard InChI is InChI=1S/C10H11F/c1-3-4-9-7-10(11)6-5-8(9)2/h3,5-7H,1,4H2,2H3. The summed E-state index contributed by atoms with van der Waals surface area (Å²) in [5.74, 6) is -0.174. The van der Waals surface area contributed by atoms with Crippen molar-refractivity contribution in [2.45, 2.75) is 13.3 Å². The smallest absolute Gasteiger partial charge is 0.123 e. The van der Waals surface area contributed by atoms with Crippen LogP contribution in [0.15, 0.2) is 30.9 Å². The van der Waals surface area contributed by atoms with Gasteiger partial charge in [0.1, 0.15) is 5.82 Å². The molecule has 0 aromatic heterocycles. The zero-order valence-corrected chi connectivity index (χ0v) is 6.60. The van der Waals surface area contributed by atoms with Crippen LogP contribution in [0.25, 0.3) is 0 Å². The minimum Gasteiger partial charge on any atom is -0.207 e. The molecule has 0 fully saturated rings. The molecule has 0 N–H and O–H groups in total. The summed E-state index contributed by atoms with van der Waals surface area (Å²) in [4.78, 5) is 0. The summed E-state index contributed by atoms with van der Waals surface area (Å²) in [6.45, 7) is 5.57. The van der Waals surface area contributed by atoms with Gasteiger partial charge in [0.25, 0.3) is 0 Å². The number of rotatable bonds is 2. The monoisotopic (exact) mass is 150 g/mol. The van der Waals surface area contributed by atoms with Gasteiger partial charge in [-0.3, -0.25) is 0 Å². The first-order valence-electron chi connectivity index (χ1n) is 3.60. The van der Waals surface area contributed by atoms with E-state index in [0.717, 1.165) is 17.5 Å². The molecule has 0 aliphatic carbocycles. The number of hydrogen-bond acceptors (Lipinski definition) is 0. The maximum absolute atomic E-state index is 12.6. The summed E-state index contributed by atoms with van der Waals surface area (Å²) in [6, 6.07) is 4.81. The van der Waals surface area contributed by atoms with Crippen LogP contribution in [0.4, 0.5) is 4.39 Å². The third-order valence-corrected chi connectivity index (χ3v) is 1.68. The van der Waals surface area contributed by atoms with Crippen molar-refractivity contribution in [3.63, 3.8) is 0 Å². The topological polar surface area (TPSA) is 0 Å². The fraction of sp³-hybridized carbons (Fsp3) is 0.200. The Labute approximate surface area is 66.4 Å². The number of benzene rings is 1. The Morgan fingerprint density at radius 2 is 2.27 bits per heavy atom. The molecule has 0 bridgehead atoms. The number of halogens is 1. The van der Waals surface area contributed by atoms with E-state index in [4.69, 9.17) is 0 Å². The Kier molecular flexibility index (Phi) is 2.42. The zero-order valence-electron chi connectivity index (χ0n) is 6.60. The summed E-state index contributed by atoms with van der Waals surface area (Å²) >= 11 is 0. The molecule has 1 aromatic carbocycles. The average molecular weight is 150 g/mol. The molecule has 1 heteroatoms. The molecule has 0 aliphatic rings. The zero-order chi connectivity index (χ0) is 8.27. The second-order valence-electron chi connectivity index (χ2n) is 2.56. The Balaban J connectivity index is 3.01. The molecule has 11 heavy (non-hydrogen) atoms. The van der Waals surface area contributed by atoms with Crippen molar-refractivity contribution in [3.8, 4) is 0 Å². The van der Waals surface area contributed by atoms with E-state index in [1.54, 1.807) is 18.2 Å². The first kappa shape index (κ1) is 7.99. The molecule has 0 atom stereocenters. The maximum atomic E-state index is 12.6. The van der Waals surface area contributed by atoms with E-state index in [1.165, 1.54) is 6.07 Å². The lowest BCUT2D eigenvalue weighted by atomic mass is 10.1. The SMILES string of the molecule is C=CCc1cc(F)ccc1C. The van der Waals surface area contributed by atoms with Gasteiger partial charge in [0.2, 0.25) is 0 Å². The van der Waals surface area contributed by atoms with Crippen LogP contribution in [0.3, 0.4) is 0 Å². The second-order valence-corrected chi connectivity index (χ2v) is 2.56. The number of aryl methyl sites for hydroxylation is 1. The van der Waals surface area contributed by atoms with Crippen LogP contribution in [-0.2, 0) is 6.42 Å². The maximum Gasteiger partial charge on any atom is 0.123 e. The van der Waals surface area contributed by atoms with Gasteiger partial charge in [0.05, 0.1) is 0 Å². The molecular weight excluding hydrogens is 139 g/mol. The Morgan fingerprint density at radius 1 is 1.55 bits per heavy atom. The molecule has 1 aromatic rings. The molecule has 0 nitrogen and oxygen atoms in total. The molecule has 0 radical (unpaired) electrons. The predicted molar refractivity (Wildman–Crippen MR) is 45.0 cm³/mol. The molecule has 58 valence electrons. The lowest BCUT2D eigenvalue weighted by molar-refractivity contribution is 0.625. The quantitative estimate of drug-likeness (QED) is 0.569. The normalized spacial score (nSPS) is 9.64. The van der Waals surface area contributed by atoms with Crippen LogP contribution < -0.4 is 0 Å². The van der Waals surface area contributed by atoms with Gasteiger partial charge < -0.3 is 0 Å². The summed E-state index contributed by atoms with van der Waals surface area (Å²) in [5.41, 5.74) is 2.13. The lowest BCUT2D eigenvalue weighted by Gasteiger charge is -2.01. The molecule has 0 unspecified atom stereocenters. The van der Waals surface area contributed by atoms with Crippen LogP contribution in [0, 0.1) is 12.7 Å². The van der Waals surface area contributed by atoms with Crippen LogP contribution in [0.5, 0.6) is 0 Å². The van der Waals surface area contributed by atoms with E-state index in [9.17, 15) is 4.39 Å². The minimum absolute atomic E-state index is 0.174. The van der Waals surface area contributed by atoms with Gasteiger partial charge in [0, 0.05) is 0 Å². The van der Waals surface area contributed by atoms with Gasteiger partial charge in [-0.25, -0.2) is 4.39 Å². The third kappa shape index (κ3) is 1.90. The predicted octanol–water partition coefficient (Wildman–Crippen LogP) is 2.86. The van der Waals surface area contributed by atoms with E-state index in [-0.39, 0.29) is 5.82 Å². The van der Waals surface area contributed by atoms with Gasteiger partial charge in [0.15, 0.2) is 0 Å². The van der Waals surface area contributed by atoms with Gasteiger partial charge >= 0.3 is 0 Å². The van der Waals surface area contributed by atoms with E-state index in [0.29, 0.717) is 0 Å². The van der Waals surface area contributed by atoms with Crippen molar-refractivity contribution in [2.24, 2.45) is 0 Å². The number of allylic oxidation sites excluding steroid dienone is 1. The van der Waals surface area contributed by atoms with E-state index < -0.39 is 0 Å². The summed E-state index contributed by atoms with van der Waals surface area (Å²) in [5, 5.41) is 0. The van der Waals surface area contributed by atoms with Crippen LogP contribution in [0.2, 0.25) is 0 Å². The van der Waals surface area contributed by atoms with E-state index in [2.05, 4.69) is 6.58 Å². The van der Waals surface area contributed by atoms with Crippen molar-refractivity contribution in [1.82, 2.24) is 0 Å². The highest BCUT2D eigenvalue weighted by Gasteiger charge is 1.96. The van der Waals surface area contributed by atoms with Gasteiger partial charge in [-0.05, 0) is 36.6 Å². The molecule has 0 saturated carbocycles. The largest absolute Gasteiger partial charge is 0.207 e. The van der Waals surface area contributed by atoms with E-state index >= 15 is 0 Å². The van der Waals surface area contributed by atoms with E-state index in [1.807, 2.05) is 6.92 Å². The minimum atomic E-state index is -0.174. The number of hydrogen-bond donors (Lipinski definition) is 0. The highest BCUT2D eigenvalue weighted by Crippen LogP contribution is 2.10. The lowest BCUT2D eigenvalue weighted by Crippen LogP contribution is -1.87. The Bertz CT molecular complexity index is 264. The van der Waals surface area contributed by atoms with Crippen LogP contribution in [0.1, 0.15) is 11.1 Å². The molecule has 0 saturated heterocycles. The van der Waals surface area contributed by atoms with Crippen molar-refractivity contribution in [2.75, 3.05) is 0 Å². The van der Waals surface area contributed by atoms with Crippen molar-refractivity contribution in [3.05, 3.63) is 47.8 Å². The van der Waals surface area contributed by atoms with Crippen molar-refractivity contribution >= 4 is 0 Å². The van der Waals surface area contributed by atoms with Gasteiger partial charge in [-0.15, -0.1) is 6.58 Å². The van der Waals surface area contributed by atoms with Crippen LogP contribution >= 0.6 is 0 Å². The third-order valence-electron chi connectivity index (χ3n) is 1.68. The molecule has 0 heterocycles. The first-order valence-corrected chi connectivity index (χ1v) is 3.60. The Hall–Kier alpha value is -1.11. The summed E-state index contributed by atoms with van der Waals surface area (Å²) in [6.07, 6.45) is 2.52. The van der Waals surface area contributed by atoms with Gasteiger partial charge in [-0.1, -0.05) is 12.1 Å². The van der Waals surface area contributed by atoms with Crippen LogP contribution in [-0.4, -0.2) is 0 Å². The molecular formula is C10H11F. The highest BCUT2D eigenvalue weighted by molar-refractivity contribution is 5.27. The molecule has 0 spiro atoms. The highest BCUT2D eigenvalue weighted by atomic mass is 19.1. The summed E-state index contributed by atoms with van der Waals surface area (Å²) < 4.78 is 12.6. The fourth-order valence-electron chi connectivity index (χ4n) is 1.02. The van der Waals surface area contributed by atoms with Crippen molar-refractivity contribution in [1.29, 1.82) is 0 Å².